The second-order valence-electron chi connectivity index (χ2n) is 7.62. The van der Waals surface area contributed by atoms with E-state index < -0.39 is 5.97 Å². The zero-order chi connectivity index (χ0) is 20.1. The fraction of sp³-hybridized carbons (Fsp3) is 0.160. The highest BCUT2D eigenvalue weighted by molar-refractivity contribution is 5.97. The number of carboxylic acids is 1. The molecule has 3 N–H and O–H groups in total. The number of carbonyl (C=O) groups is 1. The number of hydrogen-bond acceptors (Lipinski definition) is 2. The van der Waals surface area contributed by atoms with Crippen LogP contribution in [0.2, 0.25) is 0 Å². The van der Waals surface area contributed by atoms with Crippen molar-refractivity contribution in [1.29, 1.82) is 0 Å². The quantitative estimate of drug-likeness (QED) is 0.433. The number of hydrogen-bond donors (Lipinski definition) is 3. The number of nitrogens with one attached hydrogen (secondary N) is 1. The summed E-state index contributed by atoms with van der Waals surface area (Å²) in [5.41, 5.74) is 8.72. The van der Waals surface area contributed by atoms with Crippen LogP contribution in [-0.2, 0) is 19.3 Å². The van der Waals surface area contributed by atoms with Gasteiger partial charge in [-0.1, -0.05) is 43.3 Å². The number of aromatic amines is 1. The summed E-state index contributed by atoms with van der Waals surface area (Å²) in [4.78, 5) is 14.9. The number of benzene rings is 3. The predicted octanol–water partition coefficient (Wildman–Crippen LogP) is 5.57. The minimum absolute atomic E-state index is 0.0406. The van der Waals surface area contributed by atoms with Crippen molar-refractivity contribution < 1.29 is 15.0 Å². The van der Waals surface area contributed by atoms with Gasteiger partial charge < -0.3 is 15.2 Å². The third-order valence-corrected chi connectivity index (χ3v) is 5.97. The van der Waals surface area contributed by atoms with E-state index in [0.29, 0.717) is 0 Å². The van der Waals surface area contributed by atoms with Gasteiger partial charge in [-0.2, -0.15) is 0 Å². The Kier molecular flexibility index (Phi) is 3.95. The fourth-order valence-electron chi connectivity index (χ4n) is 4.36. The van der Waals surface area contributed by atoms with Gasteiger partial charge in [0.2, 0.25) is 0 Å². The lowest BCUT2D eigenvalue weighted by molar-refractivity contribution is 0.0693. The SMILES string of the molecule is CCc1ccc(-c2ccc3c4c([nH]c3c2)-c2cc(O)c(C(=O)O)cc2CC4)cc1. The maximum atomic E-state index is 11.3. The Hall–Kier alpha value is -3.53. The number of phenols is 1. The maximum absolute atomic E-state index is 11.3. The molecule has 0 fully saturated rings. The highest BCUT2D eigenvalue weighted by atomic mass is 16.4. The molecule has 1 heterocycles. The van der Waals surface area contributed by atoms with Gasteiger partial charge in [0.15, 0.2) is 0 Å². The minimum atomic E-state index is -1.11. The molecule has 0 unspecified atom stereocenters. The summed E-state index contributed by atoms with van der Waals surface area (Å²) in [6.45, 7) is 2.15. The number of aromatic carboxylic acids is 1. The third kappa shape index (κ3) is 2.80. The molecule has 29 heavy (non-hydrogen) atoms. The van der Waals surface area contributed by atoms with Gasteiger partial charge in [-0.25, -0.2) is 4.79 Å². The molecular formula is C25H21NO3. The first-order valence-corrected chi connectivity index (χ1v) is 9.88. The van der Waals surface area contributed by atoms with Crippen LogP contribution >= 0.6 is 0 Å². The van der Waals surface area contributed by atoms with Crippen molar-refractivity contribution >= 4 is 16.9 Å². The van der Waals surface area contributed by atoms with Crippen LogP contribution < -0.4 is 0 Å². The van der Waals surface area contributed by atoms with Gasteiger partial charge in [-0.05, 0) is 65.3 Å². The summed E-state index contributed by atoms with van der Waals surface area (Å²) in [6.07, 6.45) is 2.63. The van der Waals surface area contributed by atoms with E-state index in [1.807, 2.05) is 0 Å². The van der Waals surface area contributed by atoms with Crippen molar-refractivity contribution in [3.63, 3.8) is 0 Å². The summed E-state index contributed by atoms with van der Waals surface area (Å²) < 4.78 is 0. The predicted molar refractivity (Wildman–Crippen MR) is 115 cm³/mol. The van der Waals surface area contributed by atoms with Gasteiger partial charge in [0.1, 0.15) is 11.3 Å². The summed E-state index contributed by atoms with van der Waals surface area (Å²) in [5, 5.41) is 20.6. The molecule has 1 aliphatic rings. The van der Waals surface area contributed by atoms with Crippen LogP contribution in [0.3, 0.4) is 0 Å². The van der Waals surface area contributed by atoms with Crippen LogP contribution in [-0.4, -0.2) is 21.2 Å². The number of fused-ring (bicyclic) bond motifs is 5. The molecule has 0 radical (unpaired) electrons. The molecule has 1 aliphatic carbocycles. The Morgan fingerprint density at radius 2 is 1.76 bits per heavy atom. The van der Waals surface area contributed by atoms with Gasteiger partial charge in [0, 0.05) is 16.5 Å². The first kappa shape index (κ1) is 17.6. The molecule has 4 nitrogen and oxygen atoms in total. The lowest BCUT2D eigenvalue weighted by Gasteiger charge is -2.18. The van der Waals surface area contributed by atoms with E-state index in [2.05, 4.69) is 54.4 Å². The molecule has 0 amide bonds. The highest BCUT2D eigenvalue weighted by Gasteiger charge is 2.24. The Bertz CT molecular complexity index is 1270. The Morgan fingerprint density at radius 1 is 1.00 bits per heavy atom. The van der Waals surface area contributed by atoms with Gasteiger partial charge in [-0.3, -0.25) is 0 Å². The zero-order valence-electron chi connectivity index (χ0n) is 16.1. The van der Waals surface area contributed by atoms with Crippen LogP contribution in [0.1, 0.15) is 34.0 Å². The normalized spacial score (nSPS) is 12.6. The van der Waals surface area contributed by atoms with Crippen molar-refractivity contribution in [3.8, 4) is 28.1 Å². The molecule has 4 heteroatoms. The second-order valence-corrected chi connectivity index (χ2v) is 7.62. The van der Waals surface area contributed by atoms with Crippen molar-refractivity contribution in [3.05, 3.63) is 76.9 Å². The molecule has 0 aliphatic heterocycles. The number of aromatic nitrogens is 1. The molecule has 0 spiro atoms. The second kappa shape index (κ2) is 6.52. The average Bonchev–Trinajstić information content (AvgIpc) is 3.11. The van der Waals surface area contributed by atoms with Gasteiger partial charge in [0.25, 0.3) is 0 Å². The van der Waals surface area contributed by atoms with Crippen LogP contribution in [0.5, 0.6) is 5.75 Å². The van der Waals surface area contributed by atoms with E-state index in [4.69, 9.17) is 0 Å². The summed E-state index contributed by atoms with van der Waals surface area (Å²) in [7, 11) is 0. The maximum Gasteiger partial charge on any atom is 0.339 e. The van der Waals surface area contributed by atoms with E-state index in [9.17, 15) is 15.0 Å². The highest BCUT2D eigenvalue weighted by Crippen LogP contribution is 2.41. The van der Waals surface area contributed by atoms with Crippen LogP contribution in [0.25, 0.3) is 33.3 Å². The molecule has 0 saturated heterocycles. The summed E-state index contributed by atoms with van der Waals surface area (Å²) in [6, 6.07) is 18.3. The largest absolute Gasteiger partial charge is 0.507 e. The van der Waals surface area contributed by atoms with E-state index in [1.165, 1.54) is 22.1 Å². The van der Waals surface area contributed by atoms with E-state index in [1.54, 1.807) is 12.1 Å². The fourth-order valence-corrected chi connectivity index (χ4v) is 4.36. The molecule has 3 aromatic carbocycles. The summed E-state index contributed by atoms with van der Waals surface area (Å²) in [5.74, 6) is -1.30. The number of rotatable bonds is 3. The first-order chi connectivity index (χ1) is 14.0. The minimum Gasteiger partial charge on any atom is -0.507 e. The van der Waals surface area contributed by atoms with Gasteiger partial charge in [-0.15, -0.1) is 0 Å². The standard InChI is InChI=1S/C25H21NO3/c1-2-14-3-5-15(6-4-14)16-7-9-18-19-10-8-17-11-21(25(28)29)23(27)13-20(17)24(19)26-22(18)12-16/h3-7,9,11-13,26-27H,2,8,10H2,1H3,(H,28,29). The Balaban J connectivity index is 1.63. The topological polar surface area (TPSA) is 73.3 Å². The smallest absolute Gasteiger partial charge is 0.339 e. The molecular weight excluding hydrogens is 362 g/mol. The van der Waals surface area contributed by atoms with E-state index in [0.717, 1.165) is 47.2 Å². The molecule has 0 atom stereocenters. The van der Waals surface area contributed by atoms with Crippen molar-refractivity contribution in [1.82, 2.24) is 4.98 Å². The molecule has 144 valence electrons. The zero-order valence-corrected chi connectivity index (χ0v) is 16.1. The van der Waals surface area contributed by atoms with Crippen LogP contribution in [0.15, 0.2) is 54.6 Å². The molecule has 4 aromatic rings. The van der Waals surface area contributed by atoms with Crippen molar-refractivity contribution in [2.24, 2.45) is 0 Å². The average molecular weight is 383 g/mol. The lowest BCUT2D eigenvalue weighted by Crippen LogP contribution is -2.06. The molecule has 5 rings (SSSR count). The Morgan fingerprint density at radius 3 is 2.48 bits per heavy atom. The monoisotopic (exact) mass is 383 g/mol. The first-order valence-electron chi connectivity index (χ1n) is 9.88. The number of H-pyrrole nitrogens is 1. The van der Waals surface area contributed by atoms with Crippen molar-refractivity contribution in [2.45, 2.75) is 26.2 Å². The number of carboxylic acid groups (broad SMARTS) is 1. The van der Waals surface area contributed by atoms with Crippen molar-refractivity contribution in [2.75, 3.05) is 0 Å². The van der Waals surface area contributed by atoms with Crippen LogP contribution in [0, 0.1) is 0 Å². The van der Waals surface area contributed by atoms with Crippen LogP contribution in [0.4, 0.5) is 0 Å². The molecule has 0 saturated carbocycles. The van der Waals surface area contributed by atoms with Gasteiger partial charge in [0.05, 0.1) is 5.69 Å². The lowest BCUT2D eigenvalue weighted by atomic mass is 9.87. The van der Waals surface area contributed by atoms with Gasteiger partial charge >= 0.3 is 5.97 Å². The third-order valence-electron chi connectivity index (χ3n) is 5.97. The molecule has 0 bridgehead atoms. The number of aryl methyl sites for hydroxylation is 3. The molecule has 1 aromatic heterocycles. The van der Waals surface area contributed by atoms with E-state index >= 15 is 0 Å². The summed E-state index contributed by atoms with van der Waals surface area (Å²) >= 11 is 0. The Labute approximate surface area is 168 Å². The van der Waals surface area contributed by atoms with E-state index in [-0.39, 0.29) is 11.3 Å². The number of aromatic hydroxyl groups is 1.